The summed E-state index contributed by atoms with van der Waals surface area (Å²) < 4.78 is 17.5. The lowest BCUT2D eigenvalue weighted by Gasteiger charge is -2.42. The number of hydrogen-bond acceptors (Lipinski definition) is 5. The van der Waals surface area contributed by atoms with Crippen LogP contribution in [0.15, 0.2) is 22.7 Å². The molecule has 0 bridgehead atoms. The molecule has 1 N–H and O–H groups in total. The monoisotopic (exact) mass is 419 g/mol. The summed E-state index contributed by atoms with van der Waals surface area (Å²) in [6.45, 7) is 1.76. The predicted octanol–water partition coefficient (Wildman–Crippen LogP) is 3.84. The molecule has 2 heterocycles. The summed E-state index contributed by atoms with van der Waals surface area (Å²) in [5.41, 5.74) is 4.85. The first-order chi connectivity index (χ1) is 12.6. The second-order valence-corrected chi connectivity index (χ2v) is 7.57. The van der Waals surface area contributed by atoms with E-state index in [0.717, 1.165) is 41.9 Å². The van der Waals surface area contributed by atoms with Gasteiger partial charge in [-0.25, -0.2) is 0 Å². The average Bonchev–Trinajstić information content (AvgIpc) is 2.66. The molecule has 0 saturated carbocycles. The molecule has 2 aromatic rings. The fraction of sp³-hybridized carbons (Fsp3) is 0.400. The standard InChI is InChI=1S/C20H22BrNO4/c1-24-18-6-11-4-5-22-10-14-13(7-16(22)12(11)8-17(18)23)15(21)9-19(25-2)20(14)26-3/h6,8-9,16,23H,4-5,7,10H2,1-3H3. The van der Waals surface area contributed by atoms with Gasteiger partial charge < -0.3 is 19.3 Å². The van der Waals surface area contributed by atoms with Gasteiger partial charge >= 0.3 is 0 Å². The summed E-state index contributed by atoms with van der Waals surface area (Å²) in [4.78, 5) is 2.45. The highest BCUT2D eigenvalue weighted by atomic mass is 79.9. The molecule has 0 aromatic heterocycles. The molecule has 0 aliphatic carbocycles. The first-order valence-electron chi connectivity index (χ1n) is 8.63. The molecular formula is C20H22BrNO4. The van der Waals surface area contributed by atoms with Crippen LogP contribution in [0.25, 0.3) is 0 Å². The van der Waals surface area contributed by atoms with Crippen molar-refractivity contribution >= 4 is 15.9 Å². The molecule has 6 heteroatoms. The van der Waals surface area contributed by atoms with Crippen molar-refractivity contribution in [1.29, 1.82) is 0 Å². The summed E-state index contributed by atoms with van der Waals surface area (Å²) in [5.74, 6) is 2.30. The molecule has 0 spiro atoms. The van der Waals surface area contributed by atoms with E-state index in [2.05, 4.69) is 20.8 Å². The van der Waals surface area contributed by atoms with Crippen molar-refractivity contribution in [3.05, 3.63) is 44.9 Å². The molecule has 0 radical (unpaired) electrons. The van der Waals surface area contributed by atoms with Crippen LogP contribution < -0.4 is 14.2 Å². The van der Waals surface area contributed by atoms with Gasteiger partial charge in [0.15, 0.2) is 23.0 Å². The summed E-state index contributed by atoms with van der Waals surface area (Å²) >= 11 is 3.71. The number of ether oxygens (including phenoxy) is 3. The molecule has 0 amide bonds. The van der Waals surface area contributed by atoms with Crippen LogP contribution in [0.2, 0.25) is 0 Å². The third kappa shape index (κ3) is 2.63. The molecule has 0 fully saturated rings. The van der Waals surface area contributed by atoms with Gasteiger partial charge in [0.1, 0.15) is 0 Å². The third-order valence-corrected chi connectivity index (χ3v) is 6.21. The number of phenols is 1. The van der Waals surface area contributed by atoms with E-state index in [9.17, 15) is 5.11 Å². The van der Waals surface area contributed by atoms with Crippen LogP contribution in [-0.4, -0.2) is 37.9 Å². The molecule has 2 aliphatic rings. The number of phenolic OH excluding ortho intramolecular Hbond substituents is 1. The number of methoxy groups -OCH3 is 3. The minimum Gasteiger partial charge on any atom is -0.504 e. The van der Waals surface area contributed by atoms with Gasteiger partial charge in [-0.3, -0.25) is 4.90 Å². The second-order valence-electron chi connectivity index (χ2n) is 6.71. The number of hydrogen-bond donors (Lipinski definition) is 1. The Labute approximate surface area is 161 Å². The van der Waals surface area contributed by atoms with Crippen LogP contribution in [0.3, 0.4) is 0 Å². The van der Waals surface area contributed by atoms with Gasteiger partial charge in [0, 0.05) is 29.2 Å². The lowest BCUT2D eigenvalue weighted by atomic mass is 9.83. The van der Waals surface area contributed by atoms with Crippen LogP contribution in [-0.2, 0) is 19.4 Å². The van der Waals surface area contributed by atoms with E-state index in [-0.39, 0.29) is 11.8 Å². The zero-order valence-corrected chi connectivity index (χ0v) is 16.7. The molecule has 138 valence electrons. The van der Waals surface area contributed by atoms with Crippen molar-refractivity contribution in [2.24, 2.45) is 0 Å². The highest BCUT2D eigenvalue weighted by Gasteiger charge is 2.36. The Morgan fingerprint density at radius 1 is 1.04 bits per heavy atom. The van der Waals surface area contributed by atoms with Gasteiger partial charge in [-0.2, -0.15) is 0 Å². The fourth-order valence-electron chi connectivity index (χ4n) is 4.22. The fourth-order valence-corrected chi connectivity index (χ4v) is 4.83. The Balaban J connectivity index is 1.80. The minimum absolute atomic E-state index is 0.199. The second kappa shape index (κ2) is 6.67. The van der Waals surface area contributed by atoms with Crippen LogP contribution in [0.4, 0.5) is 0 Å². The van der Waals surface area contributed by atoms with Crippen molar-refractivity contribution in [2.45, 2.75) is 25.4 Å². The normalized spacial score (nSPS) is 18.5. The Kier molecular flexibility index (Phi) is 4.49. The minimum atomic E-state index is 0.199. The Hall–Kier alpha value is -1.92. The van der Waals surface area contributed by atoms with Crippen molar-refractivity contribution < 1.29 is 19.3 Å². The van der Waals surface area contributed by atoms with E-state index >= 15 is 0 Å². The van der Waals surface area contributed by atoms with E-state index < -0.39 is 0 Å². The first-order valence-corrected chi connectivity index (χ1v) is 9.42. The molecule has 5 nitrogen and oxygen atoms in total. The quantitative estimate of drug-likeness (QED) is 0.818. The van der Waals surface area contributed by atoms with Crippen LogP contribution in [0.5, 0.6) is 23.0 Å². The van der Waals surface area contributed by atoms with Crippen molar-refractivity contribution in [3.8, 4) is 23.0 Å². The number of benzene rings is 2. The van der Waals surface area contributed by atoms with Gasteiger partial charge in [-0.15, -0.1) is 0 Å². The summed E-state index contributed by atoms with van der Waals surface area (Å²) in [6.07, 6.45) is 1.79. The van der Waals surface area contributed by atoms with E-state index in [1.54, 1.807) is 21.3 Å². The predicted molar refractivity (Wildman–Crippen MR) is 102 cm³/mol. The zero-order chi connectivity index (χ0) is 18.4. The largest absolute Gasteiger partial charge is 0.504 e. The SMILES string of the molecule is COc1cc2c(cc1O)C1Cc3c(Br)cc(OC)c(OC)c3CN1CC2. The van der Waals surface area contributed by atoms with E-state index in [0.29, 0.717) is 5.75 Å². The number of aromatic hydroxyl groups is 1. The molecule has 26 heavy (non-hydrogen) atoms. The Morgan fingerprint density at radius 3 is 2.50 bits per heavy atom. The third-order valence-electron chi connectivity index (χ3n) is 5.50. The number of nitrogens with zero attached hydrogens (tertiary/aromatic N) is 1. The molecule has 2 aliphatic heterocycles. The topological polar surface area (TPSA) is 51.2 Å². The van der Waals surface area contributed by atoms with Gasteiger partial charge in [0.05, 0.1) is 21.3 Å². The summed E-state index contributed by atoms with van der Waals surface area (Å²) in [6, 6.07) is 6.05. The van der Waals surface area contributed by atoms with Crippen LogP contribution in [0, 0.1) is 0 Å². The van der Waals surface area contributed by atoms with Crippen molar-refractivity contribution in [3.63, 3.8) is 0 Å². The van der Waals surface area contributed by atoms with Crippen LogP contribution >= 0.6 is 15.9 Å². The average molecular weight is 420 g/mol. The smallest absolute Gasteiger partial charge is 0.165 e. The number of rotatable bonds is 3. The molecule has 1 unspecified atom stereocenters. The van der Waals surface area contributed by atoms with Gasteiger partial charge in [-0.1, -0.05) is 15.9 Å². The highest BCUT2D eigenvalue weighted by Crippen LogP contribution is 2.47. The maximum absolute atomic E-state index is 10.3. The lowest BCUT2D eigenvalue weighted by Crippen LogP contribution is -2.39. The van der Waals surface area contributed by atoms with E-state index in [1.807, 2.05) is 18.2 Å². The van der Waals surface area contributed by atoms with Crippen LogP contribution in [0.1, 0.15) is 28.3 Å². The molecule has 4 rings (SSSR count). The lowest BCUT2D eigenvalue weighted by molar-refractivity contribution is 0.157. The Morgan fingerprint density at radius 2 is 1.81 bits per heavy atom. The molecular weight excluding hydrogens is 398 g/mol. The summed E-state index contributed by atoms with van der Waals surface area (Å²) in [5, 5.41) is 10.3. The molecule has 0 saturated heterocycles. The molecule has 1 atom stereocenters. The van der Waals surface area contributed by atoms with Gasteiger partial charge in [0.25, 0.3) is 0 Å². The highest BCUT2D eigenvalue weighted by molar-refractivity contribution is 9.10. The first kappa shape index (κ1) is 17.5. The zero-order valence-electron chi connectivity index (χ0n) is 15.1. The Bertz CT molecular complexity index is 868. The number of halogens is 1. The number of fused-ring (bicyclic) bond motifs is 4. The van der Waals surface area contributed by atoms with E-state index in [1.165, 1.54) is 22.3 Å². The van der Waals surface area contributed by atoms with Crippen molar-refractivity contribution in [2.75, 3.05) is 27.9 Å². The van der Waals surface area contributed by atoms with Gasteiger partial charge in [0.2, 0.25) is 0 Å². The molecule has 2 aromatic carbocycles. The van der Waals surface area contributed by atoms with Crippen molar-refractivity contribution in [1.82, 2.24) is 4.90 Å². The summed E-state index contributed by atoms with van der Waals surface area (Å²) in [7, 11) is 4.94. The van der Waals surface area contributed by atoms with Gasteiger partial charge in [-0.05, 0) is 47.7 Å². The maximum atomic E-state index is 10.3. The maximum Gasteiger partial charge on any atom is 0.165 e. The van der Waals surface area contributed by atoms with E-state index in [4.69, 9.17) is 14.2 Å².